The summed E-state index contributed by atoms with van der Waals surface area (Å²) in [5.74, 6) is 0.661. The fourth-order valence-corrected chi connectivity index (χ4v) is 2.33. The van der Waals surface area contributed by atoms with E-state index in [1.54, 1.807) is 0 Å². The van der Waals surface area contributed by atoms with Gasteiger partial charge in [0.1, 0.15) is 0 Å². The molecule has 0 unspecified atom stereocenters. The van der Waals surface area contributed by atoms with Crippen LogP contribution in [0, 0.1) is 5.92 Å². The molecule has 1 aromatic carbocycles. The molecular weight excluding hydrogens is 312 g/mol. The number of thiocarbonyl (C=S) groups is 2. The summed E-state index contributed by atoms with van der Waals surface area (Å²) < 4.78 is 0. The van der Waals surface area contributed by atoms with Crippen LogP contribution in [-0.2, 0) is 0 Å². The van der Waals surface area contributed by atoms with Gasteiger partial charge in [0.2, 0.25) is 0 Å². The van der Waals surface area contributed by atoms with E-state index >= 15 is 0 Å². The molecule has 1 rings (SSSR count). The number of unbranched alkanes of at least 4 members (excludes halogenated alkanes) is 1. The lowest BCUT2D eigenvalue weighted by Gasteiger charge is -2.18. The summed E-state index contributed by atoms with van der Waals surface area (Å²) in [6, 6.07) is 9.76. The molecule has 0 heterocycles. The van der Waals surface area contributed by atoms with Gasteiger partial charge in [-0.1, -0.05) is 51.3 Å². The first-order valence-corrected chi connectivity index (χ1v) is 8.63. The lowest BCUT2D eigenvalue weighted by Crippen LogP contribution is -2.49. The minimum Gasteiger partial charge on any atom is -0.361 e. The smallest absolute Gasteiger partial charge is 0.189 e. The predicted octanol–water partition coefficient (Wildman–Crippen LogP) is 3.57. The van der Waals surface area contributed by atoms with Gasteiger partial charge in [-0.15, -0.1) is 0 Å². The van der Waals surface area contributed by atoms with E-state index in [1.165, 1.54) is 19.3 Å². The molecule has 0 aromatic heterocycles. The number of nitrogens with one attached hydrogen (secondary N) is 4. The van der Waals surface area contributed by atoms with Crippen LogP contribution in [0.25, 0.3) is 0 Å². The molecule has 0 saturated carbocycles. The van der Waals surface area contributed by atoms with Crippen molar-refractivity contribution >= 4 is 40.3 Å². The van der Waals surface area contributed by atoms with Crippen molar-refractivity contribution in [3.8, 4) is 0 Å². The third kappa shape index (κ3) is 8.14. The Labute approximate surface area is 144 Å². The van der Waals surface area contributed by atoms with Gasteiger partial charge in [-0.05, 0) is 48.9 Å². The fourth-order valence-electron chi connectivity index (χ4n) is 2.02. The average molecular weight is 339 g/mol. The Morgan fingerprint density at radius 1 is 1.05 bits per heavy atom. The largest absolute Gasteiger partial charge is 0.361 e. The Bertz CT molecular complexity index is 451. The number of hydrogen-bond donors (Lipinski definition) is 4. The van der Waals surface area contributed by atoms with Gasteiger partial charge in [-0.3, -0.25) is 10.9 Å². The van der Waals surface area contributed by atoms with Crippen molar-refractivity contribution in [1.82, 2.24) is 16.2 Å². The van der Waals surface area contributed by atoms with Gasteiger partial charge < -0.3 is 10.6 Å². The molecule has 4 nitrogen and oxygen atoms in total. The highest BCUT2D eigenvalue weighted by molar-refractivity contribution is 7.80. The predicted molar refractivity (Wildman–Crippen MR) is 103 cm³/mol. The lowest BCUT2D eigenvalue weighted by molar-refractivity contribution is 0.444. The molecule has 0 amide bonds. The fraction of sp³-hybridized carbons (Fsp3) is 0.500. The maximum atomic E-state index is 5.24. The van der Waals surface area contributed by atoms with Gasteiger partial charge in [-0.25, -0.2) is 0 Å². The molecule has 0 aliphatic rings. The molecule has 0 spiro atoms. The van der Waals surface area contributed by atoms with Crippen molar-refractivity contribution in [3.05, 3.63) is 30.3 Å². The highest BCUT2D eigenvalue weighted by Gasteiger charge is 2.06. The Morgan fingerprint density at radius 3 is 2.36 bits per heavy atom. The van der Waals surface area contributed by atoms with E-state index in [2.05, 4.69) is 35.3 Å². The van der Waals surface area contributed by atoms with Crippen LogP contribution in [-0.4, -0.2) is 16.8 Å². The maximum Gasteiger partial charge on any atom is 0.189 e. The van der Waals surface area contributed by atoms with Gasteiger partial charge in [-0.2, -0.15) is 0 Å². The Hall–Kier alpha value is -1.40. The standard InChI is InChI=1S/C16H26N4S2/c1-3-5-9-13(4-2)12-17-15(21)19-20-16(22)18-14-10-7-6-8-11-14/h6-8,10-11,13H,3-5,9,12H2,1-2H3,(H2,17,19,21)(H2,18,20,22)/t13-/m1/s1. The third-order valence-corrected chi connectivity index (χ3v) is 3.87. The van der Waals surface area contributed by atoms with Gasteiger partial charge in [0.05, 0.1) is 0 Å². The van der Waals surface area contributed by atoms with E-state index in [1.807, 2.05) is 30.3 Å². The summed E-state index contributed by atoms with van der Waals surface area (Å²) in [6.07, 6.45) is 4.91. The highest BCUT2D eigenvalue weighted by Crippen LogP contribution is 2.10. The summed E-state index contributed by atoms with van der Waals surface area (Å²) in [7, 11) is 0. The third-order valence-electron chi connectivity index (χ3n) is 3.42. The summed E-state index contributed by atoms with van der Waals surface area (Å²) in [5.41, 5.74) is 6.72. The quantitative estimate of drug-likeness (QED) is 0.450. The molecule has 0 fully saturated rings. The van der Waals surface area contributed by atoms with E-state index in [-0.39, 0.29) is 0 Å². The zero-order valence-electron chi connectivity index (χ0n) is 13.3. The number of hydrogen-bond acceptors (Lipinski definition) is 2. The molecule has 0 saturated heterocycles. The summed E-state index contributed by atoms with van der Waals surface area (Å²) in [5, 5.41) is 7.35. The molecule has 122 valence electrons. The minimum absolute atomic E-state index is 0.480. The second-order valence-electron chi connectivity index (χ2n) is 5.20. The molecule has 0 bridgehead atoms. The molecule has 22 heavy (non-hydrogen) atoms. The Morgan fingerprint density at radius 2 is 1.73 bits per heavy atom. The number of benzene rings is 1. The minimum atomic E-state index is 0.480. The zero-order chi connectivity index (χ0) is 16.2. The Balaban J connectivity index is 2.20. The van der Waals surface area contributed by atoms with Gasteiger partial charge in [0.15, 0.2) is 10.2 Å². The van der Waals surface area contributed by atoms with Crippen LogP contribution < -0.4 is 21.5 Å². The molecule has 6 heteroatoms. The van der Waals surface area contributed by atoms with E-state index in [9.17, 15) is 0 Å². The first kappa shape index (κ1) is 18.6. The van der Waals surface area contributed by atoms with Crippen LogP contribution in [0.2, 0.25) is 0 Å². The normalized spacial score (nSPS) is 11.4. The van der Waals surface area contributed by atoms with Crippen molar-refractivity contribution < 1.29 is 0 Å². The molecule has 0 aliphatic carbocycles. The van der Waals surface area contributed by atoms with E-state index < -0.39 is 0 Å². The maximum absolute atomic E-state index is 5.24. The van der Waals surface area contributed by atoms with Crippen LogP contribution in [0.1, 0.15) is 39.5 Å². The topological polar surface area (TPSA) is 48.1 Å². The lowest BCUT2D eigenvalue weighted by atomic mass is 9.99. The summed E-state index contributed by atoms with van der Waals surface area (Å²) in [6.45, 7) is 5.33. The molecule has 0 aliphatic heterocycles. The van der Waals surface area contributed by atoms with E-state index in [0.29, 0.717) is 16.1 Å². The molecule has 4 N–H and O–H groups in total. The van der Waals surface area contributed by atoms with Crippen LogP contribution >= 0.6 is 24.4 Å². The van der Waals surface area contributed by atoms with E-state index in [4.69, 9.17) is 24.4 Å². The van der Waals surface area contributed by atoms with Gasteiger partial charge in [0.25, 0.3) is 0 Å². The second-order valence-corrected chi connectivity index (χ2v) is 6.01. The second kappa shape index (κ2) is 11.2. The highest BCUT2D eigenvalue weighted by atomic mass is 32.1. The van der Waals surface area contributed by atoms with E-state index in [0.717, 1.165) is 18.7 Å². The van der Waals surface area contributed by atoms with Crippen molar-refractivity contribution in [2.45, 2.75) is 39.5 Å². The first-order valence-electron chi connectivity index (χ1n) is 7.81. The van der Waals surface area contributed by atoms with Crippen LogP contribution in [0.3, 0.4) is 0 Å². The first-order chi connectivity index (χ1) is 10.7. The number of para-hydroxylation sites is 1. The number of rotatable bonds is 7. The van der Waals surface area contributed by atoms with Gasteiger partial charge >= 0.3 is 0 Å². The molecule has 1 atom stereocenters. The monoisotopic (exact) mass is 338 g/mol. The van der Waals surface area contributed by atoms with Crippen LogP contribution in [0.15, 0.2) is 30.3 Å². The van der Waals surface area contributed by atoms with Crippen molar-refractivity contribution in [3.63, 3.8) is 0 Å². The molecule has 0 radical (unpaired) electrons. The van der Waals surface area contributed by atoms with Crippen LogP contribution in [0.5, 0.6) is 0 Å². The zero-order valence-corrected chi connectivity index (χ0v) is 14.9. The number of anilines is 1. The Kier molecular flexibility index (Phi) is 9.50. The number of hydrazine groups is 1. The summed E-state index contributed by atoms with van der Waals surface area (Å²) >= 11 is 10.4. The molecule has 1 aromatic rings. The van der Waals surface area contributed by atoms with Gasteiger partial charge in [0, 0.05) is 12.2 Å². The van der Waals surface area contributed by atoms with Crippen molar-refractivity contribution in [2.75, 3.05) is 11.9 Å². The average Bonchev–Trinajstić information content (AvgIpc) is 2.54. The molecular formula is C16H26N4S2. The van der Waals surface area contributed by atoms with Crippen molar-refractivity contribution in [2.24, 2.45) is 5.92 Å². The SMILES string of the molecule is CCCC[C@@H](CC)CNC(=S)NNC(=S)Nc1ccccc1. The summed E-state index contributed by atoms with van der Waals surface area (Å²) in [4.78, 5) is 0. The van der Waals surface area contributed by atoms with Crippen molar-refractivity contribution in [1.29, 1.82) is 0 Å². The van der Waals surface area contributed by atoms with Crippen LogP contribution in [0.4, 0.5) is 5.69 Å².